The summed E-state index contributed by atoms with van der Waals surface area (Å²) in [6.07, 6.45) is 8.23. The summed E-state index contributed by atoms with van der Waals surface area (Å²) in [6.45, 7) is 4.04. The van der Waals surface area contributed by atoms with E-state index in [1.54, 1.807) is 22.9 Å². The van der Waals surface area contributed by atoms with Gasteiger partial charge in [-0.2, -0.15) is 4.31 Å². The van der Waals surface area contributed by atoms with Gasteiger partial charge in [-0.3, -0.25) is 4.98 Å². The molecular weight excluding hydrogens is 364 g/mol. The Bertz CT molecular complexity index is 896. The van der Waals surface area contributed by atoms with Gasteiger partial charge in [0, 0.05) is 50.3 Å². The molecule has 2 bridgehead atoms. The number of ether oxygens (including phenoxy) is 1. The summed E-state index contributed by atoms with van der Waals surface area (Å²) < 4.78 is 36.2. The maximum Gasteiger partial charge on any atom is 0.262 e. The maximum absolute atomic E-state index is 13.3. The molecule has 2 fully saturated rings. The SMILES string of the molecule is CC(C)c1nc(S(=O)(=O)N2C3CCC2CC(Oc2cccnc2)C3)cn1C. The molecule has 2 aromatic rings. The Balaban J connectivity index is 1.54. The number of pyridine rings is 1. The molecule has 0 saturated carbocycles. The van der Waals surface area contributed by atoms with Crippen LogP contribution in [0.3, 0.4) is 0 Å². The van der Waals surface area contributed by atoms with Crippen LogP contribution in [-0.4, -0.2) is 45.4 Å². The lowest BCUT2D eigenvalue weighted by atomic mass is 10.0. The fraction of sp³-hybridized carbons (Fsp3) is 0.579. The molecular formula is C19H26N4O3S. The van der Waals surface area contributed by atoms with E-state index >= 15 is 0 Å². The van der Waals surface area contributed by atoms with Crippen LogP contribution in [0.25, 0.3) is 0 Å². The van der Waals surface area contributed by atoms with Crippen molar-refractivity contribution in [3.8, 4) is 5.75 Å². The molecule has 0 aromatic carbocycles. The molecule has 0 radical (unpaired) electrons. The second-order valence-electron chi connectivity index (χ2n) is 7.82. The minimum absolute atomic E-state index is 0.0214. The normalized spacial score (nSPS) is 25.9. The Kier molecular flexibility index (Phi) is 4.71. The number of sulfonamides is 1. The fourth-order valence-corrected chi connectivity index (χ4v) is 6.29. The highest BCUT2D eigenvalue weighted by atomic mass is 32.2. The van der Waals surface area contributed by atoms with Crippen molar-refractivity contribution in [2.24, 2.45) is 7.05 Å². The van der Waals surface area contributed by atoms with E-state index in [1.807, 2.05) is 37.6 Å². The second kappa shape index (κ2) is 6.91. The largest absolute Gasteiger partial charge is 0.489 e. The Morgan fingerprint density at radius 1 is 1.22 bits per heavy atom. The van der Waals surface area contributed by atoms with Gasteiger partial charge in [0.05, 0.1) is 6.20 Å². The molecule has 0 amide bonds. The zero-order chi connectivity index (χ0) is 19.2. The Hall–Kier alpha value is -1.93. The molecule has 2 atom stereocenters. The van der Waals surface area contributed by atoms with Crippen LogP contribution in [-0.2, 0) is 17.1 Å². The van der Waals surface area contributed by atoms with Crippen molar-refractivity contribution >= 4 is 10.0 Å². The van der Waals surface area contributed by atoms with E-state index in [0.717, 1.165) is 24.4 Å². The predicted molar refractivity (Wildman–Crippen MR) is 101 cm³/mol. The summed E-state index contributed by atoms with van der Waals surface area (Å²) in [4.78, 5) is 8.51. The van der Waals surface area contributed by atoms with Crippen molar-refractivity contribution in [1.29, 1.82) is 0 Å². The fourth-order valence-electron chi connectivity index (χ4n) is 4.40. The van der Waals surface area contributed by atoms with Crippen molar-refractivity contribution in [1.82, 2.24) is 18.8 Å². The minimum atomic E-state index is -3.60. The smallest absolute Gasteiger partial charge is 0.262 e. The first kappa shape index (κ1) is 18.4. The van der Waals surface area contributed by atoms with Crippen LogP contribution in [0.2, 0.25) is 0 Å². The average Bonchev–Trinajstić information content (AvgIpc) is 3.15. The summed E-state index contributed by atoms with van der Waals surface area (Å²) in [5, 5.41) is 0.164. The molecule has 7 nitrogen and oxygen atoms in total. The van der Waals surface area contributed by atoms with Crippen LogP contribution < -0.4 is 4.74 Å². The first-order valence-electron chi connectivity index (χ1n) is 9.49. The van der Waals surface area contributed by atoms with E-state index in [1.165, 1.54) is 0 Å². The maximum atomic E-state index is 13.3. The highest BCUT2D eigenvalue weighted by Crippen LogP contribution is 2.40. The van der Waals surface area contributed by atoms with E-state index in [4.69, 9.17) is 4.74 Å². The van der Waals surface area contributed by atoms with Crippen molar-refractivity contribution in [3.05, 3.63) is 36.5 Å². The van der Waals surface area contributed by atoms with Gasteiger partial charge < -0.3 is 9.30 Å². The topological polar surface area (TPSA) is 77.3 Å². The van der Waals surface area contributed by atoms with E-state index in [0.29, 0.717) is 12.8 Å². The highest BCUT2D eigenvalue weighted by molar-refractivity contribution is 7.89. The number of hydrogen-bond acceptors (Lipinski definition) is 5. The zero-order valence-electron chi connectivity index (χ0n) is 15.9. The van der Waals surface area contributed by atoms with Gasteiger partial charge in [0.15, 0.2) is 5.03 Å². The third kappa shape index (κ3) is 3.36. The van der Waals surface area contributed by atoms with Gasteiger partial charge in [-0.25, -0.2) is 13.4 Å². The average molecular weight is 391 g/mol. The van der Waals surface area contributed by atoms with E-state index < -0.39 is 10.0 Å². The Labute approximate surface area is 160 Å². The number of imidazole rings is 1. The number of rotatable bonds is 5. The molecule has 4 heterocycles. The molecule has 8 heteroatoms. The number of hydrogen-bond donors (Lipinski definition) is 0. The summed E-state index contributed by atoms with van der Waals surface area (Å²) in [5.74, 6) is 1.70. The van der Waals surface area contributed by atoms with Crippen LogP contribution in [0.15, 0.2) is 35.7 Å². The van der Waals surface area contributed by atoms with E-state index in [-0.39, 0.29) is 29.1 Å². The Morgan fingerprint density at radius 3 is 2.48 bits per heavy atom. The molecule has 146 valence electrons. The first-order chi connectivity index (χ1) is 12.9. The van der Waals surface area contributed by atoms with Crippen molar-refractivity contribution in [3.63, 3.8) is 0 Å². The van der Waals surface area contributed by atoms with Gasteiger partial charge in [-0.1, -0.05) is 13.8 Å². The molecule has 0 N–H and O–H groups in total. The summed E-state index contributed by atoms with van der Waals surface area (Å²) in [6, 6.07) is 3.68. The summed E-state index contributed by atoms with van der Waals surface area (Å²) >= 11 is 0. The number of aromatic nitrogens is 3. The number of nitrogens with zero attached hydrogens (tertiary/aromatic N) is 4. The highest BCUT2D eigenvalue weighted by Gasteiger charge is 2.48. The van der Waals surface area contributed by atoms with Crippen molar-refractivity contribution < 1.29 is 13.2 Å². The second-order valence-corrected chi connectivity index (χ2v) is 9.61. The monoisotopic (exact) mass is 390 g/mol. The summed E-state index contributed by atoms with van der Waals surface area (Å²) in [5.41, 5.74) is 0. The zero-order valence-corrected chi connectivity index (χ0v) is 16.8. The third-order valence-corrected chi connectivity index (χ3v) is 7.39. The number of fused-ring (bicyclic) bond motifs is 2. The van der Waals surface area contributed by atoms with Gasteiger partial charge in [0.1, 0.15) is 17.7 Å². The van der Waals surface area contributed by atoms with Crippen LogP contribution in [0.1, 0.15) is 51.3 Å². The molecule has 2 unspecified atom stereocenters. The van der Waals surface area contributed by atoms with Crippen molar-refractivity contribution in [2.45, 2.75) is 68.7 Å². The molecule has 0 aliphatic carbocycles. The van der Waals surface area contributed by atoms with Gasteiger partial charge in [0.2, 0.25) is 0 Å². The van der Waals surface area contributed by atoms with Gasteiger partial charge in [-0.05, 0) is 25.0 Å². The van der Waals surface area contributed by atoms with Crippen LogP contribution in [0.5, 0.6) is 5.75 Å². The third-order valence-electron chi connectivity index (χ3n) is 5.51. The van der Waals surface area contributed by atoms with E-state index in [2.05, 4.69) is 9.97 Å². The standard InChI is InChI=1S/C19H26N4O3S/c1-13(2)19-21-18(12-22(19)3)27(24,25)23-14-6-7-15(23)10-17(9-14)26-16-5-4-8-20-11-16/h4-5,8,11-15,17H,6-7,9-10H2,1-3H3. The lowest BCUT2D eigenvalue weighted by Crippen LogP contribution is -2.49. The lowest BCUT2D eigenvalue weighted by molar-refractivity contribution is 0.0952. The van der Waals surface area contributed by atoms with Crippen LogP contribution in [0, 0.1) is 0 Å². The minimum Gasteiger partial charge on any atom is -0.489 e. The molecule has 2 aliphatic heterocycles. The predicted octanol–water partition coefficient (Wildman–Crippen LogP) is 2.70. The van der Waals surface area contributed by atoms with E-state index in [9.17, 15) is 8.42 Å². The van der Waals surface area contributed by atoms with Gasteiger partial charge in [0.25, 0.3) is 10.0 Å². The molecule has 27 heavy (non-hydrogen) atoms. The summed E-state index contributed by atoms with van der Waals surface area (Å²) in [7, 11) is -1.74. The number of piperidine rings is 1. The van der Waals surface area contributed by atoms with Gasteiger partial charge >= 0.3 is 0 Å². The van der Waals surface area contributed by atoms with Crippen LogP contribution >= 0.6 is 0 Å². The number of aryl methyl sites for hydroxylation is 1. The Morgan fingerprint density at radius 2 is 1.93 bits per heavy atom. The molecule has 2 aliphatic rings. The van der Waals surface area contributed by atoms with Crippen molar-refractivity contribution in [2.75, 3.05) is 0 Å². The van der Waals surface area contributed by atoms with Gasteiger partial charge in [-0.15, -0.1) is 0 Å². The molecule has 2 aromatic heterocycles. The van der Waals surface area contributed by atoms with Crippen LogP contribution in [0.4, 0.5) is 0 Å². The lowest BCUT2D eigenvalue weighted by Gasteiger charge is -2.37. The molecule has 0 spiro atoms. The molecule has 4 rings (SSSR count). The first-order valence-corrected chi connectivity index (χ1v) is 10.9. The molecule has 2 saturated heterocycles. The quantitative estimate of drug-likeness (QED) is 0.784.